The molecule has 116 valence electrons. The third kappa shape index (κ3) is 6.16. The van der Waals surface area contributed by atoms with E-state index in [1.807, 2.05) is 0 Å². The summed E-state index contributed by atoms with van der Waals surface area (Å²) in [5.41, 5.74) is -0.141. The first-order valence-electron chi connectivity index (χ1n) is 6.65. The lowest BCUT2D eigenvalue weighted by molar-refractivity contribution is -0.137. The number of ether oxygens (including phenoxy) is 1. The van der Waals surface area contributed by atoms with Crippen molar-refractivity contribution in [2.24, 2.45) is 0 Å². The molecule has 0 saturated heterocycles. The Morgan fingerprint density at radius 3 is 2.43 bits per heavy atom. The van der Waals surface area contributed by atoms with E-state index in [1.54, 1.807) is 39.0 Å². The molecule has 6 nitrogen and oxygen atoms in total. The lowest BCUT2D eigenvalue weighted by Gasteiger charge is -2.22. The average Bonchev–Trinajstić information content (AvgIpc) is 2.32. The number of carboxylic acid groups (broad SMARTS) is 1. The summed E-state index contributed by atoms with van der Waals surface area (Å²) in [5.74, 6) is -1.53. The molecule has 1 atom stereocenters. The van der Waals surface area contributed by atoms with Crippen LogP contribution in [0.25, 0.3) is 0 Å². The molecule has 0 aliphatic rings. The minimum absolute atomic E-state index is 0.00902. The van der Waals surface area contributed by atoms with E-state index in [-0.39, 0.29) is 18.7 Å². The number of hydrogen-bond acceptors (Lipinski definition) is 4. The van der Waals surface area contributed by atoms with E-state index >= 15 is 0 Å². The van der Waals surface area contributed by atoms with Crippen LogP contribution in [0.2, 0.25) is 0 Å². The van der Waals surface area contributed by atoms with E-state index < -0.39 is 23.6 Å². The normalized spacial score (nSPS) is 12.5. The minimum atomic E-state index is -1.01. The molecule has 3 N–H and O–H groups in total. The van der Waals surface area contributed by atoms with Gasteiger partial charge in [-0.15, -0.1) is 0 Å². The monoisotopic (exact) mass is 295 g/mol. The van der Waals surface area contributed by atoms with Crippen molar-refractivity contribution in [3.05, 3.63) is 29.8 Å². The van der Waals surface area contributed by atoms with E-state index in [4.69, 9.17) is 9.84 Å². The Balaban J connectivity index is 2.74. The van der Waals surface area contributed by atoms with Crippen LogP contribution in [-0.2, 0) is 9.53 Å². The van der Waals surface area contributed by atoms with Crippen molar-refractivity contribution < 1.29 is 24.5 Å². The summed E-state index contributed by atoms with van der Waals surface area (Å²) in [7, 11) is 0. The van der Waals surface area contributed by atoms with Gasteiger partial charge in [-0.1, -0.05) is 18.2 Å². The third-order valence-corrected chi connectivity index (χ3v) is 2.69. The Kier molecular flexibility index (Phi) is 5.58. The van der Waals surface area contributed by atoms with Gasteiger partial charge in [0.15, 0.2) is 0 Å². The third-order valence-electron chi connectivity index (χ3n) is 2.69. The summed E-state index contributed by atoms with van der Waals surface area (Å²) in [4.78, 5) is 22.6. The number of carbonyl (C=O) groups is 2. The maximum atomic E-state index is 11.6. The zero-order chi connectivity index (χ0) is 16.0. The molecule has 0 fully saturated rings. The molecule has 6 heteroatoms. The van der Waals surface area contributed by atoms with Crippen LogP contribution in [0.3, 0.4) is 0 Å². The van der Waals surface area contributed by atoms with Gasteiger partial charge >= 0.3 is 12.1 Å². The van der Waals surface area contributed by atoms with Crippen molar-refractivity contribution in [2.45, 2.75) is 38.7 Å². The molecule has 0 radical (unpaired) electrons. The van der Waals surface area contributed by atoms with Crippen molar-refractivity contribution in [3.8, 4) is 5.75 Å². The van der Waals surface area contributed by atoms with Gasteiger partial charge in [0.25, 0.3) is 0 Å². The predicted octanol–water partition coefficient (Wildman–Crippen LogP) is 2.48. The standard InChI is InChI=1S/C15H21NO5/c1-15(2,3)21-14(20)16-9-10(8-13(18)19)11-6-4-5-7-12(11)17/h4-7,10,17H,8-9H2,1-3H3,(H,16,20)(H,18,19). The summed E-state index contributed by atoms with van der Waals surface area (Å²) < 4.78 is 5.10. The second-order valence-corrected chi connectivity index (χ2v) is 5.74. The second-order valence-electron chi connectivity index (χ2n) is 5.74. The average molecular weight is 295 g/mol. The smallest absolute Gasteiger partial charge is 0.407 e. The maximum absolute atomic E-state index is 11.6. The van der Waals surface area contributed by atoms with E-state index in [0.717, 1.165) is 0 Å². The Bertz CT molecular complexity index is 507. The Morgan fingerprint density at radius 2 is 1.90 bits per heavy atom. The van der Waals surface area contributed by atoms with Crippen molar-refractivity contribution in [3.63, 3.8) is 0 Å². The molecule has 1 aromatic rings. The van der Waals surface area contributed by atoms with Gasteiger partial charge in [-0.25, -0.2) is 4.79 Å². The van der Waals surface area contributed by atoms with Gasteiger partial charge in [-0.2, -0.15) is 0 Å². The molecule has 0 aliphatic heterocycles. The first kappa shape index (κ1) is 16.8. The number of nitrogens with one attached hydrogen (secondary N) is 1. The van der Waals surface area contributed by atoms with Crippen molar-refractivity contribution >= 4 is 12.1 Å². The number of carboxylic acids is 1. The van der Waals surface area contributed by atoms with Crippen LogP contribution < -0.4 is 5.32 Å². The van der Waals surface area contributed by atoms with E-state index in [2.05, 4.69) is 5.32 Å². The molecule has 0 heterocycles. The fraction of sp³-hybridized carbons (Fsp3) is 0.467. The molecule has 0 spiro atoms. The first-order chi connectivity index (χ1) is 9.69. The molecule has 21 heavy (non-hydrogen) atoms. The summed E-state index contributed by atoms with van der Waals surface area (Å²) in [6.07, 6.45) is -0.818. The van der Waals surface area contributed by atoms with Crippen molar-refractivity contribution in [1.82, 2.24) is 5.32 Å². The quantitative estimate of drug-likeness (QED) is 0.775. The molecule has 0 aliphatic carbocycles. The number of alkyl carbamates (subject to hydrolysis) is 1. The number of aliphatic carboxylic acids is 1. The number of phenolic OH excluding ortho intramolecular Hbond substituents is 1. The van der Waals surface area contributed by atoms with Crippen LogP contribution in [-0.4, -0.2) is 34.4 Å². The molecule has 1 aromatic carbocycles. The van der Waals surface area contributed by atoms with Gasteiger partial charge in [0.05, 0.1) is 6.42 Å². The number of aromatic hydroxyl groups is 1. The van der Waals surface area contributed by atoms with Crippen LogP contribution in [0.15, 0.2) is 24.3 Å². The summed E-state index contributed by atoms with van der Waals surface area (Å²) >= 11 is 0. The molecule has 0 aromatic heterocycles. The SMILES string of the molecule is CC(C)(C)OC(=O)NCC(CC(=O)O)c1ccccc1O. The molecule has 1 amide bonds. The second kappa shape index (κ2) is 6.97. The van der Waals surface area contributed by atoms with Crippen LogP contribution in [0, 0.1) is 0 Å². The van der Waals surface area contributed by atoms with Gasteiger partial charge in [-0.3, -0.25) is 4.79 Å². The minimum Gasteiger partial charge on any atom is -0.508 e. The summed E-state index contributed by atoms with van der Waals surface area (Å²) in [5, 5.41) is 21.3. The highest BCUT2D eigenvalue weighted by molar-refractivity contribution is 5.70. The van der Waals surface area contributed by atoms with Crippen molar-refractivity contribution in [1.29, 1.82) is 0 Å². The van der Waals surface area contributed by atoms with Gasteiger partial charge in [0.1, 0.15) is 11.4 Å². The Hall–Kier alpha value is -2.24. The summed E-state index contributed by atoms with van der Waals surface area (Å²) in [6.45, 7) is 5.29. The molecule has 1 unspecified atom stereocenters. The summed E-state index contributed by atoms with van der Waals surface area (Å²) in [6, 6.07) is 6.48. The highest BCUT2D eigenvalue weighted by atomic mass is 16.6. The number of carbonyl (C=O) groups excluding carboxylic acids is 1. The molecular weight excluding hydrogens is 274 g/mol. The van der Waals surface area contributed by atoms with Crippen LogP contribution in [0.5, 0.6) is 5.75 Å². The number of rotatable bonds is 5. The molecule has 1 rings (SSSR count). The predicted molar refractivity (Wildman–Crippen MR) is 77.3 cm³/mol. The topological polar surface area (TPSA) is 95.9 Å². The molecule has 0 bridgehead atoms. The van der Waals surface area contributed by atoms with Crippen LogP contribution in [0.1, 0.15) is 38.7 Å². The highest BCUT2D eigenvalue weighted by Crippen LogP contribution is 2.27. The van der Waals surface area contributed by atoms with Crippen LogP contribution >= 0.6 is 0 Å². The van der Waals surface area contributed by atoms with E-state index in [1.165, 1.54) is 6.07 Å². The zero-order valence-corrected chi connectivity index (χ0v) is 12.4. The largest absolute Gasteiger partial charge is 0.508 e. The fourth-order valence-corrected chi connectivity index (χ4v) is 1.86. The number of phenols is 1. The highest BCUT2D eigenvalue weighted by Gasteiger charge is 2.21. The van der Waals surface area contributed by atoms with Gasteiger partial charge in [0, 0.05) is 12.5 Å². The maximum Gasteiger partial charge on any atom is 0.407 e. The van der Waals surface area contributed by atoms with Crippen LogP contribution in [0.4, 0.5) is 4.79 Å². The Labute approximate surface area is 123 Å². The number of para-hydroxylation sites is 1. The fourth-order valence-electron chi connectivity index (χ4n) is 1.86. The molecule has 0 saturated carbocycles. The van der Waals surface area contributed by atoms with E-state index in [9.17, 15) is 14.7 Å². The van der Waals surface area contributed by atoms with Gasteiger partial charge in [0.2, 0.25) is 0 Å². The van der Waals surface area contributed by atoms with Crippen molar-refractivity contribution in [2.75, 3.05) is 6.54 Å². The lowest BCUT2D eigenvalue weighted by Crippen LogP contribution is -2.35. The number of benzene rings is 1. The number of hydrogen-bond donors (Lipinski definition) is 3. The zero-order valence-electron chi connectivity index (χ0n) is 12.4. The molecular formula is C15H21NO5. The number of amides is 1. The lowest BCUT2D eigenvalue weighted by atomic mass is 9.95. The van der Waals surface area contributed by atoms with Gasteiger partial charge in [-0.05, 0) is 32.4 Å². The van der Waals surface area contributed by atoms with E-state index in [0.29, 0.717) is 5.56 Å². The first-order valence-corrected chi connectivity index (χ1v) is 6.65. The Morgan fingerprint density at radius 1 is 1.29 bits per heavy atom. The van der Waals surface area contributed by atoms with Gasteiger partial charge < -0.3 is 20.3 Å².